The number of benzene rings is 3. The molecule has 134 valence electrons. The number of aryl methyl sites for hydroxylation is 3. The normalized spacial score (nSPS) is 13.0. The molecule has 0 fully saturated rings. The second-order valence-electron chi connectivity index (χ2n) is 7.63. The van der Waals surface area contributed by atoms with E-state index in [1.54, 1.807) is 10.4 Å². The van der Waals surface area contributed by atoms with Crippen LogP contribution in [0.1, 0.15) is 29.5 Å². The molecule has 0 nitrogen and oxygen atoms in total. The monoisotopic (exact) mass is 374 g/mol. The van der Waals surface area contributed by atoms with Crippen LogP contribution in [-0.4, -0.2) is 19.0 Å². The fourth-order valence-corrected chi connectivity index (χ4v) is 9.96. The maximum atomic E-state index is 2.37. The zero-order chi connectivity index (χ0) is 18.2. The Kier molecular flexibility index (Phi) is 7.04. The molecule has 0 bridgehead atoms. The SMILES string of the molecule is Cc1cc(C)cc(CCCC([SiH2]c2ccccc2)[SiH2]c2ccccc2)c1. The standard InChI is InChI=1S/C24H30Si2/c1-19-16-20(2)18-21(17-19)10-9-15-24(25-22-11-5-3-6-12-22)26-23-13-7-4-8-14-23/h3-8,11-14,16-18,24H,9-10,15,25-26H2,1-2H3. The average Bonchev–Trinajstić information content (AvgIpc) is 2.62. The van der Waals surface area contributed by atoms with E-state index in [2.05, 4.69) is 92.7 Å². The van der Waals surface area contributed by atoms with Gasteiger partial charge in [0, 0.05) is 0 Å². The average molecular weight is 375 g/mol. The molecule has 0 saturated carbocycles. The van der Waals surface area contributed by atoms with E-state index in [1.165, 1.54) is 36.0 Å². The number of rotatable bonds is 8. The van der Waals surface area contributed by atoms with Gasteiger partial charge in [0.25, 0.3) is 0 Å². The molecule has 0 amide bonds. The molecule has 0 unspecified atom stereocenters. The molecule has 0 spiro atoms. The Balaban J connectivity index is 1.62. The minimum Gasteiger partial charge on any atom is -0.0669 e. The van der Waals surface area contributed by atoms with Gasteiger partial charge in [-0.1, -0.05) is 112 Å². The van der Waals surface area contributed by atoms with E-state index in [4.69, 9.17) is 0 Å². The molecule has 0 atom stereocenters. The summed E-state index contributed by atoms with van der Waals surface area (Å²) in [5.74, 6) is 0. The van der Waals surface area contributed by atoms with Crippen LogP contribution >= 0.6 is 0 Å². The first kappa shape index (κ1) is 18.9. The molecule has 0 saturated heterocycles. The van der Waals surface area contributed by atoms with Crippen molar-refractivity contribution < 1.29 is 0 Å². The zero-order valence-electron chi connectivity index (χ0n) is 16.1. The lowest BCUT2D eigenvalue weighted by molar-refractivity contribution is 0.768. The van der Waals surface area contributed by atoms with Gasteiger partial charge in [0.2, 0.25) is 0 Å². The molecular weight excluding hydrogens is 344 g/mol. The Labute approximate surface area is 163 Å². The van der Waals surface area contributed by atoms with Crippen LogP contribution in [0, 0.1) is 13.8 Å². The van der Waals surface area contributed by atoms with Crippen LogP contribution in [0.25, 0.3) is 0 Å². The Morgan fingerprint density at radius 1 is 0.692 bits per heavy atom. The Morgan fingerprint density at radius 3 is 1.69 bits per heavy atom. The first-order valence-electron chi connectivity index (χ1n) is 9.84. The highest BCUT2D eigenvalue weighted by atomic mass is 28.3. The molecule has 0 heterocycles. The molecule has 3 aromatic carbocycles. The van der Waals surface area contributed by atoms with Gasteiger partial charge in [0.15, 0.2) is 0 Å². The van der Waals surface area contributed by atoms with E-state index >= 15 is 0 Å². The second-order valence-corrected chi connectivity index (χ2v) is 13.5. The fourth-order valence-electron chi connectivity index (χ4n) is 3.98. The molecule has 0 aliphatic carbocycles. The van der Waals surface area contributed by atoms with Gasteiger partial charge in [0.05, 0.1) is 19.0 Å². The van der Waals surface area contributed by atoms with Gasteiger partial charge in [-0.25, -0.2) is 0 Å². The van der Waals surface area contributed by atoms with Crippen molar-refractivity contribution in [3.8, 4) is 0 Å². The van der Waals surface area contributed by atoms with Crippen molar-refractivity contribution in [2.75, 3.05) is 0 Å². The molecule has 0 aliphatic rings. The van der Waals surface area contributed by atoms with Crippen LogP contribution in [0.15, 0.2) is 78.9 Å². The first-order valence-corrected chi connectivity index (χ1v) is 12.9. The highest BCUT2D eigenvalue weighted by Crippen LogP contribution is 2.16. The third-order valence-electron chi connectivity index (χ3n) is 5.09. The predicted octanol–water partition coefficient (Wildman–Crippen LogP) is 3.36. The second kappa shape index (κ2) is 9.70. The minimum atomic E-state index is -0.195. The summed E-state index contributed by atoms with van der Waals surface area (Å²) in [6.45, 7) is 4.42. The topological polar surface area (TPSA) is 0 Å². The van der Waals surface area contributed by atoms with Crippen molar-refractivity contribution in [2.24, 2.45) is 0 Å². The molecule has 3 rings (SSSR count). The fraction of sp³-hybridized carbons (Fsp3) is 0.250. The van der Waals surface area contributed by atoms with E-state index in [0.29, 0.717) is 0 Å². The molecule has 2 heteroatoms. The van der Waals surface area contributed by atoms with E-state index in [-0.39, 0.29) is 19.0 Å². The maximum Gasteiger partial charge on any atom is 0.0550 e. The van der Waals surface area contributed by atoms with Gasteiger partial charge in [-0.15, -0.1) is 0 Å². The maximum absolute atomic E-state index is 2.37. The Hall–Kier alpha value is -1.91. The summed E-state index contributed by atoms with van der Waals surface area (Å²) in [6.07, 6.45) is 3.95. The summed E-state index contributed by atoms with van der Waals surface area (Å²) >= 11 is 0. The van der Waals surface area contributed by atoms with E-state index in [1.807, 2.05) is 0 Å². The van der Waals surface area contributed by atoms with Crippen molar-refractivity contribution in [2.45, 2.75) is 38.3 Å². The summed E-state index contributed by atoms with van der Waals surface area (Å²) in [6, 6.07) is 29.5. The van der Waals surface area contributed by atoms with Crippen molar-refractivity contribution in [3.05, 3.63) is 95.6 Å². The van der Waals surface area contributed by atoms with Crippen molar-refractivity contribution in [3.63, 3.8) is 0 Å². The van der Waals surface area contributed by atoms with Crippen LogP contribution in [0.2, 0.25) is 5.16 Å². The molecule has 0 aromatic heterocycles. The lowest BCUT2D eigenvalue weighted by Gasteiger charge is -2.16. The molecule has 0 aliphatic heterocycles. The smallest absolute Gasteiger partial charge is 0.0550 e. The third kappa shape index (κ3) is 6.12. The van der Waals surface area contributed by atoms with E-state index in [9.17, 15) is 0 Å². The number of hydrogen-bond acceptors (Lipinski definition) is 0. The summed E-state index contributed by atoms with van der Waals surface area (Å²) in [5, 5.41) is 4.24. The van der Waals surface area contributed by atoms with Crippen LogP contribution in [0.4, 0.5) is 0 Å². The van der Waals surface area contributed by atoms with Gasteiger partial charge in [-0.05, 0) is 32.3 Å². The Bertz CT molecular complexity index is 735. The number of hydrogen-bond donors (Lipinski definition) is 0. The van der Waals surface area contributed by atoms with Crippen LogP contribution < -0.4 is 10.4 Å². The van der Waals surface area contributed by atoms with Gasteiger partial charge in [-0.2, -0.15) is 0 Å². The molecule has 26 heavy (non-hydrogen) atoms. The van der Waals surface area contributed by atoms with Crippen LogP contribution in [-0.2, 0) is 6.42 Å². The highest BCUT2D eigenvalue weighted by molar-refractivity contribution is 6.73. The molecule has 3 aromatic rings. The molecule has 0 radical (unpaired) electrons. The van der Waals surface area contributed by atoms with Gasteiger partial charge in [-0.3, -0.25) is 0 Å². The summed E-state index contributed by atoms with van der Waals surface area (Å²) in [7, 11) is -0.391. The summed E-state index contributed by atoms with van der Waals surface area (Å²) < 4.78 is 0. The summed E-state index contributed by atoms with van der Waals surface area (Å²) in [5.41, 5.74) is 4.31. The van der Waals surface area contributed by atoms with Crippen LogP contribution in [0.5, 0.6) is 0 Å². The van der Waals surface area contributed by atoms with Crippen molar-refractivity contribution >= 4 is 29.4 Å². The molecular formula is C24H30Si2. The minimum absolute atomic E-state index is 0.195. The van der Waals surface area contributed by atoms with Crippen LogP contribution in [0.3, 0.4) is 0 Å². The molecule has 0 N–H and O–H groups in total. The quantitative estimate of drug-likeness (QED) is 0.530. The first-order chi connectivity index (χ1) is 12.7. The lowest BCUT2D eigenvalue weighted by Crippen LogP contribution is -2.29. The van der Waals surface area contributed by atoms with Gasteiger partial charge in [0.1, 0.15) is 0 Å². The zero-order valence-corrected chi connectivity index (χ0v) is 18.9. The van der Waals surface area contributed by atoms with Crippen molar-refractivity contribution in [1.29, 1.82) is 0 Å². The van der Waals surface area contributed by atoms with E-state index in [0.717, 1.165) is 5.16 Å². The predicted molar refractivity (Wildman–Crippen MR) is 122 cm³/mol. The third-order valence-corrected chi connectivity index (χ3v) is 10.7. The highest BCUT2D eigenvalue weighted by Gasteiger charge is 2.12. The Morgan fingerprint density at radius 2 is 1.19 bits per heavy atom. The van der Waals surface area contributed by atoms with E-state index < -0.39 is 0 Å². The summed E-state index contributed by atoms with van der Waals surface area (Å²) in [4.78, 5) is 0. The lowest BCUT2D eigenvalue weighted by atomic mass is 10.0. The largest absolute Gasteiger partial charge is 0.0669 e. The van der Waals surface area contributed by atoms with Gasteiger partial charge >= 0.3 is 0 Å². The van der Waals surface area contributed by atoms with Gasteiger partial charge < -0.3 is 0 Å². The van der Waals surface area contributed by atoms with Crippen molar-refractivity contribution in [1.82, 2.24) is 0 Å².